The molecule has 0 spiro atoms. The number of hydrogen-bond acceptors (Lipinski definition) is 6. The number of hydrogen-bond donors (Lipinski definition) is 1. The summed E-state index contributed by atoms with van der Waals surface area (Å²) in [5, 5.41) is 12.8. The second-order valence-electron chi connectivity index (χ2n) is 5.32. The SMILES string of the molecule is CNC(CSc1nnc(N(C)C)s1)c1cc(C)cc(C)c1. The van der Waals surface area contributed by atoms with Crippen LogP contribution in [0, 0.1) is 13.8 Å². The Kier molecular flexibility index (Phi) is 5.61. The molecule has 0 bridgehead atoms. The zero-order valence-electron chi connectivity index (χ0n) is 13.2. The molecule has 4 nitrogen and oxygen atoms in total. The van der Waals surface area contributed by atoms with Gasteiger partial charge in [-0.25, -0.2) is 0 Å². The molecule has 1 heterocycles. The molecule has 0 fully saturated rings. The van der Waals surface area contributed by atoms with E-state index in [1.807, 2.05) is 26.0 Å². The fraction of sp³-hybridized carbons (Fsp3) is 0.467. The Morgan fingerprint density at radius 1 is 1.19 bits per heavy atom. The molecule has 1 aromatic carbocycles. The van der Waals surface area contributed by atoms with Crippen molar-refractivity contribution in [2.24, 2.45) is 0 Å². The first-order valence-electron chi connectivity index (χ1n) is 6.88. The van der Waals surface area contributed by atoms with Crippen molar-refractivity contribution >= 4 is 28.2 Å². The molecule has 1 unspecified atom stereocenters. The Balaban J connectivity index is 2.04. The number of aromatic nitrogens is 2. The quantitative estimate of drug-likeness (QED) is 0.827. The van der Waals surface area contributed by atoms with Gasteiger partial charge in [-0.1, -0.05) is 52.4 Å². The molecule has 1 aromatic heterocycles. The van der Waals surface area contributed by atoms with E-state index in [-0.39, 0.29) is 0 Å². The van der Waals surface area contributed by atoms with Crippen LogP contribution in [0.3, 0.4) is 0 Å². The summed E-state index contributed by atoms with van der Waals surface area (Å²) in [6, 6.07) is 7.03. The third kappa shape index (κ3) is 4.43. The molecule has 1 atom stereocenters. The summed E-state index contributed by atoms with van der Waals surface area (Å²) in [5.74, 6) is 0.946. The summed E-state index contributed by atoms with van der Waals surface area (Å²) >= 11 is 3.39. The van der Waals surface area contributed by atoms with Gasteiger partial charge in [-0.3, -0.25) is 0 Å². The van der Waals surface area contributed by atoms with Crippen molar-refractivity contribution in [3.05, 3.63) is 34.9 Å². The van der Waals surface area contributed by atoms with Crippen LogP contribution in [0.25, 0.3) is 0 Å². The van der Waals surface area contributed by atoms with Crippen LogP contribution in [0.15, 0.2) is 22.5 Å². The van der Waals surface area contributed by atoms with Gasteiger partial charge in [-0.05, 0) is 26.5 Å². The van der Waals surface area contributed by atoms with Gasteiger partial charge in [-0.15, -0.1) is 10.2 Å². The van der Waals surface area contributed by atoms with Gasteiger partial charge >= 0.3 is 0 Å². The van der Waals surface area contributed by atoms with Gasteiger partial charge < -0.3 is 10.2 Å². The summed E-state index contributed by atoms with van der Waals surface area (Å²) in [6.07, 6.45) is 0. The maximum Gasteiger partial charge on any atom is 0.208 e. The highest BCUT2D eigenvalue weighted by molar-refractivity contribution is 8.01. The summed E-state index contributed by atoms with van der Waals surface area (Å²) < 4.78 is 1.02. The van der Waals surface area contributed by atoms with Gasteiger partial charge in [-0.2, -0.15) is 0 Å². The first-order valence-corrected chi connectivity index (χ1v) is 8.69. The highest BCUT2D eigenvalue weighted by atomic mass is 32.2. The van der Waals surface area contributed by atoms with Crippen molar-refractivity contribution in [1.82, 2.24) is 15.5 Å². The zero-order valence-corrected chi connectivity index (χ0v) is 14.8. The van der Waals surface area contributed by atoms with Gasteiger partial charge in [0.05, 0.1) is 0 Å². The lowest BCUT2D eigenvalue weighted by molar-refractivity contribution is 0.660. The van der Waals surface area contributed by atoms with Crippen LogP contribution >= 0.6 is 23.1 Å². The number of nitrogens with one attached hydrogen (secondary N) is 1. The van der Waals surface area contributed by atoms with Crippen molar-refractivity contribution in [3.63, 3.8) is 0 Å². The minimum Gasteiger partial charge on any atom is -0.353 e. The van der Waals surface area contributed by atoms with Crippen LogP contribution < -0.4 is 10.2 Å². The van der Waals surface area contributed by atoms with Crippen molar-refractivity contribution in [3.8, 4) is 0 Å². The summed E-state index contributed by atoms with van der Waals surface area (Å²) in [7, 11) is 5.98. The monoisotopic (exact) mass is 322 g/mol. The third-order valence-electron chi connectivity index (χ3n) is 3.15. The fourth-order valence-corrected chi connectivity index (χ4v) is 4.09. The molecular weight excluding hydrogens is 300 g/mol. The second-order valence-corrected chi connectivity index (χ2v) is 7.54. The maximum atomic E-state index is 4.23. The van der Waals surface area contributed by atoms with E-state index in [0.29, 0.717) is 6.04 Å². The van der Waals surface area contributed by atoms with Crippen LogP contribution in [0.2, 0.25) is 0 Å². The minimum absolute atomic E-state index is 0.320. The van der Waals surface area contributed by atoms with Crippen LogP contribution in [0.5, 0.6) is 0 Å². The average Bonchev–Trinajstić information content (AvgIpc) is 2.87. The van der Waals surface area contributed by atoms with Gasteiger partial charge in [0.25, 0.3) is 0 Å². The smallest absolute Gasteiger partial charge is 0.208 e. The molecule has 1 N–H and O–H groups in total. The molecule has 0 aliphatic heterocycles. The van der Waals surface area contributed by atoms with E-state index in [1.165, 1.54) is 16.7 Å². The van der Waals surface area contributed by atoms with Crippen LogP contribution in [0.1, 0.15) is 22.7 Å². The Hall–Kier alpha value is -1.11. The lowest BCUT2D eigenvalue weighted by Crippen LogP contribution is -2.19. The maximum absolute atomic E-state index is 4.23. The predicted molar refractivity (Wildman–Crippen MR) is 92.7 cm³/mol. The van der Waals surface area contributed by atoms with Crippen molar-refractivity contribution < 1.29 is 0 Å². The molecule has 0 aliphatic rings. The van der Waals surface area contributed by atoms with Crippen LogP contribution in [-0.4, -0.2) is 37.1 Å². The fourth-order valence-electron chi connectivity index (χ4n) is 2.15. The standard InChI is InChI=1S/C15H22N4S2/c1-10-6-11(2)8-12(7-10)13(16-3)9-20-15-18-17-14(21-15)19(4)5/h6-8,13,16H,9H2,1-5H3. The highest BCUT2D eigenvalue weighted by Crippen LogP contribution is 2.30. The number of anilines is 1. The Morgan fingerprint density at radius 3 is 2.38 bits per heavy atom. The molecular formula is C15H22N4S2. The van der Waals surface area contributed by atoms with Gasteiger partial charge in [0.1, 0.15) is 0 Å². The second kappa shape index (κ2) is 7.24. The van der Waals surface area contributed by atoms with Crippen molar-refractivity contribution in [1.29, 1.82) is 0 Å². The number of rotatable bonds is 6. The molecule has 0 amide bonds. The number of benzene rings is 1. The normalized spacial score (nSPS) is 12.4. The first kappa shape index (κ1) is 16.3. The lowest BCUT2D eigenvalue weighted by Gasteiger charge is -2.17. The van der Waals surface area contributed by atoms with E-state index in [4.69, 9.17) is 0 Å². The van der Waals surface area contributed by atoms with Gasteiger partial charge in [0.2, 0.25) is 5.13 Å². The van der Waals surface area contributed by atoms with E-state index in [9.17, 15) is 0 Å². The van der Waals surface area contributed by atoms with Gasteiger partial charge in [0.15, 0.2) is 4.34 Å². The number of aryl methyl sites for hydroxylation is 2. The average molecular weight is 323 g/mol. The minimum atomic E-state index is 0.320. The largest absolute Gasteiger partial charge is 0.353 e. The predicted octanol–water partition coefficient (Wildman–Crippen LogP) is 3.27. The van der Waals surface area contributed by atoms with E-state index in [1.54, 1.807) is 23.1 Å². The van der Waals surface area contributed by atoms with E-state index < -0.39 is 0 Å². The van der Waals surface area contributed by atoms with Crippen molar-refractivity contribution in [2.75, 3.05) is 31.8 Å². The molecule has 6 heteroatoms. The molecule has 0 saturated heterocycles. The Labute approximate surface area is 135 Å². The Morgan fingerprint density at radius 2 is 1.86 bits per heavy atom. The molecule has 2 aromatic rings. The van der Waals surface area contributed by atoms with Crippen LogP contribution in [-0.2, 0) is 0 Å². The lowest BCUT2D eigenvalue weighted by atomic mass is 10.0. The van der Waals surface area contributed by atoms with Gasteiger partial charge in [0, 0.05) is 25.9 Å². The summed E-state index contributed by atoms with van der Waals surface area (Å²) in [5.41, 5.74) is 3.95. The molecule has 0 aliphatic carbocycles. The molecule has 21 heavy (non-hydrogen) atoms. The topological polar surface area (TPSA) is 41.1 Å². The van der Waals surface area contributed by atoms with E-state index in [2.05, 4.69) is 47.6 Å². The van der Waals surface area contributed by atoms with Crippen molar-refractivity contribution in [2.45, 2.75) is 24.2 Å². The highest BCUT2D eigenvalue weighted by Gasteiger charge is 2.13. The van der Waals surface area contributed by atoms with E-state index in [0.717, 1.165) is 15.2 Å². The van der Waals surface area contributed by atoms with E-state index >= 15 is 0 Å². The molecule has 0 radical (unpaired) electrons. The molecule has 114 valence electrons. The molecule has 2 rings (SSSR count). The Bertz CT molecular complexity index is 575. The zero-order chi connectivity index (χ0) is 15.4. The summed E-state index contributed by atoms with van der Waals surface area (Å²) in [4.78, 5) is 1.99. The third-order valence-corrected chi connectivity index (χ3v) is 5.46. The van der Waals surface area contributed by atoms with Crippen LogP contribution in [0.4, 0.5) is 5.13 Å². The first-order chi connectivity index (χ1) is 9.99. The number of nitrogens with zero attached hydrogens (tertiary/aromatic N) is 3. The number of thioether (sulfide) groups is 1. The molecule has 0 saturated carbocycles. The summed E-state index contributed by atoms with van der Waals surface area (Å²) in [6.45, 7) is 4.29.